The first-order valence-electron chi connectivity index (χ1n) is 14.5. The molecule has 2 saturated carbocycles. The zero-order valence-electron chi connectivity index (χ0n) is 22.6. The van der Waals surface area contributed by atoms with Crippen molar-refractivity contribution in [2.24, 2.45) is 11.8 Å². The van der Waals surface area contributed by atoms with Crippen molar-refractivity contribution in [3.63, 3.8) is 0 Å². The van der Waals surface area contributed by atoms with E-state index in [1.165, 1.54) is 76.2 Å². The van der Waals surface area contributed by atoms with Gasteiger partial charge in [0.1, 0.15) is 0 Å². The Morgan fingerprint density at radius 1 is 0.606 bits per heavy atom. The number of benzene rings is 1. The summed E-state index contributed by atoms with van der Waals surface area (Å²) in [4.78, 5) is 0. The molecular formula is C33H50. The minimum absolute atomic E-state index is 0.560. The topological polar surface area (TPSA) is 0 Å². The summed E-state index contributed by atoms with van der Waals surface area (Å²) in [7, 11) is 0. The fraction of sp³-hybridized carbons (Fsp3) is 0.697. The van der Waals surface area contributed by atoms with Crippen LogP contribution in [0.2, 0.25) is 0 Å². The second kappa shape index (κ2) is 11.0. The fourth-order valence-electron chi connectivity index (χ4n) is 7.00. The molecule has 1 atom stereocenters. The van der Waals surface area contributed by atoms with Gasteiger partial charge in [0.15, 0.2) is 0 Å². The SMILES string of the molecule is CC(C)c1cc(C(C)C)c(C2C=C(C3CCCCC3)C(C3CCCCC3)=CC2)c(C(C)C)c1. The molecule has 33 heavy (non-hydrogen) atoms. The summed E-state index contributed by atoms with van der Waals surface area (Å²) in [6, 6.07) is 5.12. The van der Waals surface area contributed by atoms with Crippen LogP contribution in [0.4, 0.5) is 0 Å². The normalized spacial score (nSPS) is 23.4. The van der Waals surface area contributed by atoms with Crippen LogP contribution in [0.25, 0.3) is 0 Å². The summed E-state index contributed by atoms with van der Waals surface area (Å²) >= 11 is 0. The Kier molecular flexibility index (Phi) is 8.24. The Bertz CT molecular complexity index is 821. The molecule has 3 aliphatic rings. The van der Waals surface area contributed by atoms with Crippen molar-refractivity contribution in [1.82, 2.24) is 0 Å². The quantitative estimate of drug-likeness (QED) is 0.407. The van der Waals surface area contributed by atoms with Gasteiger partial charge in [0.25, 0.3) is 0 Å². The zero-order valence-corrected chi connectivity index (χ0v) is 22.6. The van der Waals surface area contributed by atoms with Crippen molar-refractivity contribution < 1.29 is 0 Å². The molecule has 0 aromatic heterocycles. The lowest BCUT2D eigenvalue weighted by Gasteiger charge is -2.36. The lowest BCUT2D eigenvalue weighted by Crippen LogP contribution is -2.21. The second-order valence-corrected chi connectivity index (χ2v) is 12.4. The number of hydrogen-bond donors (Lipinski definition) is 0. The summed E-state index contributed by atoms with van der Waals surface area (Å²) in [5, 5.41) is 0. The highest BCUT2D eigenvalue weighted by atomic mass is 14.4. The van der Waals surface area contributed by atoms with Crippen molar-refractivity contribution in [3.8, 4) is 0 Å². The van der Waals surface area contributed by atoms with Gasteiger partial charge in [-0.25, -0.2) is 0 Å². The molecule has 1 aromatic rings. The zero-order chi connectivity index (χ0) is 23.5. The van der Waals surface area contributed by atoms with E-state index in [4.69, 9.17) is 0 Å². The first-order valence-corrected chi connectivity index (χ1v) is 14.5. The van der Waals surface area contributed by atoms with E-state index in [-0.39, 0.29) is 0 Å². The molecule has 0 N–H and O–H groups in total. The molecule has 4 rings (SSSR count). The number of rotatable bonds is 6. The molecule has 1 aromatic carbocycles. The van der Waals surface area contributed by atoms with E-state index in [0.717, 1.165) is 11.8 Å². The Morgan fingerprint density at radius 2 is 1.09 bits per heavy atom. The molecule has 0 nitrogen and oxygen atoms in total. The molecule has 0 bridgehead atoms. The molecule has 182 valence electrons. The van der Waals surface area contributed by atoms with Gasteiger partial charge in [-0.05, 0) is 95.1 Å². The van der Waals surface area contributed by atoms with E-state index < -0.39 is 0 Å². The average molecular weight is 447 g/mol. The van der Waals surface area contributed by atoms with E-state index in [1.807, 2.05) is 0 Å². The first-order chi connectivity index (χ1) is 15.9. The molecule has 0 heteroatoms. The standard InChI is InChI=1S/C33H50/c1-22(2)28-20-30(23(3)4)33(31(21-28)24(5)6)27-17-18-29(25-13-9-7-10-14-25)32(19-27)26-15-11-8-12-16-26/h18-27H,7-17H2,1-6H3. The molecular weight excluding hydrogens is 396 g/mol. The highest BCUT2D eigenvalue weighted by Gasteiger charge is 2.31. The van der Waals surface area contributed by atoms with Crippen molar-refractivity contribution >= 4 is 0 Å². The lowest BCUT2D eigenvalue weighted by atomic mass is 9.68. The van der Waals surface area contributed by atoms with Crippen molar-refractivity contribution in [2.45, 2.75) is 136 Å². The van der Waals surface area contributed by atoms with Crippen LogP contribution in [-0.2, 0) is 0 Å². The molecule has 0 aliphatic heterocycles. The minimum Gasteiger partial charge on any atom is -0.0798 e. The Labute approximate surface area is 205 Å². The Balaban J connectivity index is 1.78. The van der Waals surface area contributed by atoms with Gasteiger partial charge in [-0.3, -0.25) is 0 Å². The van der Waals surface area contributed by atoms with Gasteiger partial charge in [0.05, 0.1) is 0 Å². The maximum atomic E-state index is 2.81. The second-order valence-electron chi connectivity index (χ2n) is 12.4. The van der Waals surface area contributed by atoms with Crippen LogP contribution in [0.1, 0.15) is 158 Å². The van der Waals surface area contributed by atoms with Gasteiger partial charge < -0.3 is 0 Å². The van der Waals surface area contributed by atoms with Gasteiger partial charge in [-0.2, -0.15) is 0 Å². The Hall–Kier alpha value is -1.30. The van der Waals surface area contributed by atoms with Crippen LogP contribution in [0.15, 0.2) is 35.4 Å². The maximum Gasteiger partial charge on any atom is 0.00643 e. The molecule has 0 spiro atoms. The van der Waals surface area contributed by atoms with Crippen molar-refractivity contribution in [3.05, 3.63) is 57.7 Å². The summed E-state index contributed by atoms with van der Waals surface area (Å²) in [6.45, 7) is 14.3. The fourth-order valence-corrected chi connectivity index (χ4v) is 7.00. The molecule has 2 fully saturated rings. The van der Waals surface area contributed by atoms with Gasteiger partial charge >= 0.3 is 0 Å². The molecule has 3 aliphatic carbocycles. The van der Waals surface area contributed by atoms with Crippen LogP contribution >= 0.6 is 0 Å². The van der Waals surface area contributed by atoms with Crippen molar-refractivity contribution in [2.75, 3.05) is 0 Å². The van der Waals surface area contributed by atoms with Gasteiger partial charge in [0, 0.05) is 5.92 Å². The van der Waals surface area contributed by atoms with Gasteiger partial charge in [0.2, 0.25) is 0 Å². The molecule has 0 heterocycles. The summed E-state index contributed by atoms with van der Waals surface area (Å²) in [5.74, 6) is 3.95. The number of hydrogen-bond acceptors (Lipinski definition) is 0. The average Bonchev–Trinajstić information content (AvgIpc) is 2.83. The summed E-state index contributed by atoms with van der Waals surface area (Å²) in [5.41, 5.74) is 10.0. The van der Waals surface area contributed by atoms with Crippen LogP contribution < -0.4 is 0 Å². The van der Waals surface area contributed by atoms with Crippen LogP contribution in [0.5, 0.6) is 0 Å². The van der Waals surface area contributed by atoms with Gasteiger partial charge in [-0.15, -0.1) is 0 Å². The molecule has 0 saturated heterocycles. The summed E-state index contributed by atoms with van der Waals surface area (Å²) in [6.07, 6.45) is 21.1. The van der Waals surface area contributed by atoms with E-state index in [9.17, 15) is 0 Å². The highest BCUT2D eigenvalue weighted by molar-refractivity contribution is 5.51. The van der Waals surface area contributed by atoms with E-state index in [0.29, 0.717) is 23.7 Å². The molecule has 0 amide bonds. The molecule has 0 radical (unpaired) electrons. The van der Waals surface area contributed by atoms with E-state index >= 15 is 0 Å². The van der Waals surface area contributed by atoms with Crippen LogP contribution in [0, 0.1) is 11.8 Å². The van der Waals surface area contributed by atoms with Gasteiger partial charge in [-0.1, -0.05) is 104 Å². The summed E-state index contributed by atoms with van der Waals surface area (Å²) < 4.78 is 0. The van der Waals surface area contributed by atoms with Crippen molar-refractivity contribution in [1.29, 1.82) is 0 Å². The monoisotopic (exact) mass is 446 g/mol. The maximum absolute atomic E-state index is 2.81. The third-order valence-electron chi connectivity index (χ3n) is 8.94. The molecule has 1 unspecified atom stereocenters. The smallest absolute Gasteiger partial charge is 0.00643 e. The Morgan fingerprint density at radius 3 is 1.55 bits per heavy atom. The van der Waals surface area contributed by atoms with E-state index in [1.54, 1.807) is 27.8 Å². The number of allylic oxidation sites excluding steroid dienone is 4. The minimum atomic E-state index is 0.560. The third-order valence-corrected chi connectivity index (χ3v) is 8.94. The first kappa shape index (κ1) is 24.8. The highest BCUT2D eigenvalue weighted by Crippen LogP contribution is 2.47. The predicted octanol–water partition coefficient (Wildman–Crippen LogP) is 10.6. The van der Waals surface area contributed by atoms with Crippen LogP contribution in [-0.4, -0.2) is 0 Å². The largest absolute Gasteiger partial charge is 0.0798 e. The third kappa shape index (κ3) is 5.52. The van der Waals surface area contributed by atoms with E-state index in [2.05, 4.69) is 65.8 Å². The predicted molar refractivity (Wildman–Crippen MR) is 145 cm³/mol. The van der Waals surface area contributed by atoms with Crippen LogP contribution in [0.3, 0.4) is 0 Å². The lowest BCUT2D eigenvalue weighted by molar-refractivity contribution is 0.370.